The van der Waals surface area contributed by atoms with Crippen molar-refractivity contribution in [2.75, 3.05) is 53.4 Å². The number of hydrogen-bond donors (Lipinski definition) is 5. The molecule has 0 saturated carbocycles. The third kappa shape index (κ3) is 13.3. The van der Waals surface area contributed by atoms with Crippen molar-refractivity contribution in [3.8, 4) is 11.5 Å². The molecular formula is C44H48Cl6N8O5. The highest BCUT2D eigenvalue weighted by molar-refractivity contribution is 6.46. The largest absolute Gasteiger partial charge is 0.487 e. The molecule has 0 unspecified atom stereocenters. The normalized spacial score (nSPS) is 15.1. The Kier molecular flexibility index (Phi) is 17.5. The summed E-state index contributed by atoms with van der Waals surface area (Å²) in [5.41, 5.74) is 9.12. The lowest BCUT2D eigenvalue weighted by molar-refractivity contribution is 0.0685. The zero-order chi connectivity index (χ0) is 45.2. The minimum absolute atomic E-state index is 0.138. The van der Waals surface area contributed by atoms with Crippen molar-refractivity contribution < 1.29 is 24.2 Å². The fraction of sp³-hybridized carbons (Fsp3) is 0.364. The standard InChI is InChI=1S/C22H23Cl3N4O2.C15H9Cl3N2O3.C7H16N2/c1-29-8-6-13(7-9-29)11-26-22(30)21-27-16-10-17(18(24)19(25)20(16)28-21)31-12-14-2-4-15(23)5-3-14;16-8-3-1-7(2-4-8)6-23-10-5-9-13(12(18)11(10)17)20-14(19-9)15(21)22;1-9-4-2-7(6-8)3-5-9/h2-5,10,13H,6-9,11-12H2,1H3,(H,26,30)(H,27,28);1-5H,6H2,(H,19,20)(H,21,22);7H,2-6,8H2,1H3. The number of aromatic amines is 2. The molecule has 2 saturated heterocycles. The van der Waals surface area contributed by atoms with Gasteiger partial charge in [0.05, 0.1) is 21.1 Å². The Morgan fingerprint density at radius 3 is 1.52 bits per heavy atom. The van der Waals surface area contributed by atoms with Crippen LogP contribution in [0.1, 0.15) is 58.0 Å². The molecule has 0 atom stereocenters. The first-order chi connectivity index (χ1) is 30.2. The quantitative estimate of drug-likeness (QED) is 0.0841. The second-order valence-electron chi connectivity index (χ2n) is 15.5. The molecule has 2 fully saturated rings. The van der Waals surface area contributed by atoms with Gasteiger partial charge >= 0.3 is 5.97 Å². The number of carbonyl (C=O) groups excluding carboxylic acids is 1. The van der Waals surface area contributed by atoms with Crippen LogP contribution in [0.5, 0.6) is 11.5 Å². The van der Waals surface area contributed by atoms with Crippen molar-refractivity contribution in [3.05, 3.63) is 114 Å². The number of hydrogen-bond acceptors (Lipinski definition) is 9. The number of aromatic carboxylic acids is 1. The van der Waals surface area contributed by atoms with E-state index >= 15 is 0 Å². The second kappa shape index (κ2) is 22.7. The lowest BCUT2D eigenvalue weighted by atomic mass is 9.97. The van der Waals surface area contributed by atoms with E-state index < -0.39 is 5.97 Å². The van der Waals surface area contributed by atoms with Crippen LogP contribution in [-0.4, -0.2) is 100 Å². The SMILES string of the molecule is CN1CCC(CN)CC1.CN1CCC(CNC(=O)c2nc3c(Cl)c(Cl)c(OCc4ccc(Cl)cc4)cc3[nH]2)CC1.O=C(O)c1nc2c(Cl)c(Cl)c(OCc3ccc(Cl)cc3)cc2[nH]1. The number of ether oxygens (including phenoxy) is 2. The summed E-state index contributed by atoms with van der Waals surface area (Å²) in [5, 5.41) is 14.1. The molecule has 4 heterocycles. The Labute approximate surface area is 395 Å². The lowest BCUT2D eigenvalue weighted by Crippen LogP contribution is -2.37. The van der Waals surface area contributed by atoms with Crippen molar-refractivity contribution in [1.29, 1.82) is 0 Å². The summed E-state index contributed by atoms with van der Waals surface area (Å²) < 4.78 is 11.5. The van der Waals surface area contributed by atoms with E-state index in [4.69, 9.17) is 89.9 Å². The molecule has 0 radical (unpaired) electrons. The highest BCUT2D eigenvalue weighted by Crippen LogP contribution is 2.39. The second-order valence-corrected chi connectivity index (χ2v) is 17.9. The molecule has 8 rings (SSSR count). The van der Waals surface area contributed by atoms with Gasteiger partial charge in [-0.1, -0.05) is 93.9 Å². The van der Waals surface area contributed by atoms with Crippen LogP contribution in [-0.2, 0) is 13.2 Å². The van der Waals surface area contributed by atoms with E-state index in [9.17, 15) is 9.59 Å². The summed E-state index contributed by atoms with van der Waals surface area (Å²) in [6.45, 7) is 6.66. The zero-order valence-electron chi connectivity index (χ0n) is 34.6. The molecule has 0 aliphatic carbocycles. The number of aromatic nitrogens is 4. The van der Waals surface area contributed by atoms with Gasteiger partial charge < -0.3 is 45.4 Å². The molecule has 13 nitrogen and oxygen atoms in total. The molecule has 19 heteroatoms. The highest BCUT2D eigenvalue weighted by Gasteiger charge is 2.22. The van der Waals surface area contributed by atoms with Crippen LogP contribution in [0.4, 0.5) is 0 Å². The number of benzene rings is 4. The first-order valence-electron chi connectivity index (χ1n) is 20.3. The molecule has 1 amide bonds. The zero-order valence-corrected chi connectivity index (χ0v) is 39.2. The van der Waals surface area contributed by atoms with Crippen LogP contribution in [0.2, 0.25) is 30.1 Å². The number of imidazole rings is 2. The molecule has 4 aromatic carbocycles. The van der Waals surface area contributed by atoms with Crippen molar-refractivity contribution in [3.63, 3.8) is 0 Å². The van der Waals surface area contributed by atoms with Gasteiger partial charge in [-0.15, -0.1) is 0 Å². The van der Waals surface area contributed by atoms with E-state index in [1.807, 2.05) is 24.3 Å². The Bertz CT molecular complexity index is 2490. The summed E-state index contributed by atoms with van der Waals surface area (Å²) in [4.78, 5) is 42.2. The Hall–Kier alpha value is -4.02. The average Bonchev–Trinajstić information content (AvgIpc) is 3.92. The number of carbonyl (C=O) groups is 2. The molecule has 6 aromatic rings. The van der Waals surface area contributed by atoms with E-state index in [1.165, 1.54) is 25.9 Å². The molecule has 2 aliphatic rings. The maximum absolute atomic E-state index is 12.6. The molecule has 63 heavy (non-hydrogen) atoms. The van der Waals surface area contributed by atoms with Gasteiger partial charge in [0.25, 0.3) is 5.91 Å². The van der Waals surface area contributed by atoms with Crippen LogP contribution in [0.3, 0.4) is 0 Å². The van der Waals surface area contributed by atoms with Crippen LogP contribution >= 0.6 is 69.6 Å². The number of halogens is 6. The third-order valence-electron chi connectivity index (χ3n) is 10.8. The maximum Gasteiger partial charge on any atom is 0.371 e. The monoisotopic (exact) mass is 978 g/mol. The molecule has 2 aliphatic heterocycles. The summed E-state index contributed by atoms with van der Waals surface area (Å²) in [7, 11) is 4.29. The third-order valence-corrected chi connectivity index (χ3v) is 13.0. The highest BCUT2D eigenvalue weighted by atomic mass is 35.5. The molecule has 0 bridgehead atoms. The molecule has 6 N–H and O–H groups in total. The van der Waals surface area contributed by atoms with Gasteiger partial charge in [-0.25, -0.2) is 14.8 Å². The fourth-order valence-corrected chi connectivity index (χ4v) is 8.04. The summed E-state index contributed by atoms with van der Waals surface area (Å²) in [6.07, 6.45) is 4.75. The van der Waals surface area contributed by atoms with Gasteiger partial charge in [0.15, 0.2) is 5.82 Å². The number of nitrogens with two attached hydrogens (primary N) is 1. The van der Waals surface area contributed by atoms with E-state index in [0.717, 1.165) is 49.5 Å². The van der Waals surface area contributed by atoms with Crippen LogP contribution in [0, 0.1) is 11.8 Å². The predicted octanol–water partition coefficient (Wildman–Crippen LogP) is 10.3. The maximum atomic E-state index is 12.6. The van der Waals surface area contributed by atoms with E-state index in [0.29, 0.717) is 57.2 Å². The summed E-state index contributed by atoms with van der Waals surface area (Å²) in [5.74, 6) is 0.582. The number of carboxylic acid groups (broad SMARTS) is 1. The van der Waals surface area contributed by atoms with E-state index in [-0.39, 0.29) is 49.8 Å². The predicted molar refractivity (Wildman–Crippen MR) is 253 cm³/mol. The van der Waals surface area contributed by atoms with Crippen molar-refractivity contribution in [1.82, 2.24) is 35.1 Å². The minimum atomic E-state index is -1.18. The van der Waals surface area contributed by atoms with Gasteiger partial charge in [0.1, 0.15) is 45.8 Å². The van der Waals surface area contributed by atoms with E-state index in [1.54, 1.807) is 36.4 Å². The van der Waals surface area contributed by atoms with E-state index in [2.05, 4.69) is 49.1 Å². The first-order valence-corrected chi connectivity index (χ1v) is 22.5. The number of nitrogens with one attached hydrogen (secondary N) is 3. The number of nitrogens with zero attached hydrogens (tertiary/aromatic N) is 4. The number of rotatable bonds is 11. The van der Waals surface area contributed by atoms with Gasteiger partial charge in [-0.05, 0) is 120 Å². The smallest absolute Gasteiger partial charge is 0.371 e. The topological polar surface area (TPSA) is 175 Å². The van der Waals surface area contributed by atoms with Gasteiger partial charge in [-0.2, -0.15) is 0 Å². The number of piperidine rings is 2. The lowest BCUT2D eigenvalue weighted by Gasteiger charge is -2.28. The number of likely N-dealkylation sites (tertiary alicyclic amines) is 2. The summed E-state index contributed by atoms with van der Waals surface area (Å²) in [6, 6.07) is 17.8. The molecule has 336 valence electrons. The van der Waals surface area contributed by atoms with Gasteiger partial charge in [0, 0.05) is 28.7 Å². The molecule has 0 spiro atoms. The summed E-state index contributed by atoms with van der Waals surface area (Å²) >= 11 is 36.9. The fourth-order valence-electron chi connectivity index (χ4n) is 6.92. The first kappa shape index (κ1) is 48.4. The van der Waals surface area contributed by atoms with Crippen LogP contribution < -0.4 is 20.5 Å². The van der Waals surface area contributed by atoms with Crippen LogP contribution in [0.15, 0.2) is 60.7 Å². The minimum Gasteiger partial charge on any atom is -0.487 e. The number of H-pyrrole nitrogens is 2. The average molecular weight is 982 g/mol. The van der Waals surface area contributed by atoms with Crippen molar-refractivity contribution in [2.24, 2.45) is 17.6 Å². The van der Waals surface area contributed by atoms with Gasteiger partial charge in [-0.3, -0.25) is 4.79 Å². The Morgan fingerprint density at radius 2 is 1.10 bits per heavy atom. The van der Waals surface area contributed by atoms with Crippen molar-refractivity contribution in [2.45, 2.75) is 38.9 Å². The number of fused-ring (bicyclic) bond motifs is 2. The molecular weight excluding hydrogens is 933 g/mol. The van der Waals surface area contributed by atoms with Gasteiger partial charge in [0.2, 0.25) is 5.82 Å². The van der Waals surface area contributed by atoms with Crippen LogP contribution in [0.25, 0.3) is 22.1 Å². The Morgan fingerprint density at radius 1 is 0.683 bits per heavy atom. The number of carboxylic acids is 1. The number of amides is 1. The Balaban J connectivity index is 0.000000180. The van der Waals surface area contributed by atoms with Crippen molar-refractivity contribution >= 4 is 104 Å². The molecule has 2 aromatic heterocycles.